The first-order valence-electron chi connectivity index (χ1n) is 6.94. The standard InChI is InChI=1S/C17H14N2O3S/c1-19-16(21)11-7-5-8-12(14(11)17(19)22)18-15(20)10-6-3-4-9-13(10)23-2/h3-9H,1-2H3,(H,18,20). The van der Waals surface area contributed by atoms with Gasteiger partial charge in [-0.2, -0.15) is 0 Å². The third-order valence-corrected chi connectivity index (χ3v) is 4.51. The number of anilines is 1. The van der Waals surface area contributed by atoms with Crippen molar-refractivity contribution in [1.82, 2.24) is 4.90 Å². The van der Waals surface area contributed by atoms with Crippen LogP contribution in [0.3, 0.4) is 0 Å². The predicted octanol–water partition coefficient (Wildman–Crippen LogP) is 2.89. The van der Waals surface area contributed by atoms with Gasteiger partial charge in [-0.15, -0.1) is 11.8 Å². The molecule has 0 fully saturated rings. The van der Waals surface area contributed by atoms with E-state index in [1.54, 1.807) is 30.3 Å². The summed E-state index contributed by atoms with van der Waals surface area (Å²) in [7, 11) is 1.43. The topological polar surface area (TPSA) is 66.5 Å². The number of carbonyl (C=O) groups excluding carboxylic acids is 3. The Bertz CT molecular complexity index is 832. The Morgan fingerprint density at radius 2 is 1.78 bits per heavy atom. The molecule has 23 heavy (non-hydrogen) atoms. The molecule has 0 unspecified atom stereocenters. The van der Waals surface area contributed by atoms with Crippen molar-refractivity contribution in [3.05, 3.63) is 59.2 Å². The van der Waals surface area contributed by atoms with Gasteiger partial charge in [0.15, 0.2) is 0 Å². The molecule has 116 valence electrons. The Hall–Kier alpha value is -2.60. The molecule has 0 radical (unpaired) electrons. The number of nitrogens with one attached hydrogen (secondary N) is 1. The van der Waals surface area contributed by atoms with Gasteiger partial charge >= 0.3 is 0 Å². The molecule has 2 aromatic rings. The van der Waals surface area contributed by atoms with Crippen molar-refractivity contribution in [3.63, 3.8) is 0 Å². The SMILES string of the molecule is CSc1ccccc1C(=O)Nc1cccc2c1C(=O)N(C)C2=O. The maximum absolute atomic E-state index is 12.5. The van der Waals surface area contributed by atoms with Gasteiger partial charge in [0.25, 0.3) is 17.7 Å². The number of imide groups is 1. The van der Waals surface area contributed by atoms with Crippen LogP contribution in [0.5, 0.6) is 0 Å². The summed E-state index contributed by atoms with van der Waals surface area (Å²) in [6.45, 7) is 0. The van der Waals surface area contributed by atoms with E-state index in [-0.39, 0.29) is 17.4 Å². The van der Waals surface area contributed by atoms with Gasteiger partial charge in [-0.25, -0.2) is 0 Å². The van der Waals surface area contributed by atoms with E-state index >= 15 is 0 Å². The van der Waals surface area contributed by atoms with E-state index in [9.17, 15) is 14.4 Å². The second-order valence-corrected chi connectivity index (χ2v) is 5.90. The van der Waals surface area contributed by atoms with Gasteiger partial charge < -0.3 is 5.32 Å². The van der Waals surface area contributed by atoms with E-state index in [4.69, 9.17) is 0 Å². The van der Waals surface area contributed by atoms with E-state index < -0.39 is 5.91 Å². The lowest BCUT2D eigenvalue weighted by Crippen LogP contribution is -2.24. The van der Waals surface area contributed by atoms with Crippen molar-refractivity contribution in [2.24, 2.45) is 0 Å². The van der Waals surface area contributed by atoms with Gasteiger partial charge in [0.2, 0.25) is 0 Å². The van der Waals surface area contributed by atoms with Crippen molar-refractivity contribution in [2.45, 2.75) is 4.90 Å². The fraction of sp³-hybridized carbons (Fsp3) is 0.118. The highest BCUT2D eigenvalue weighted by molar-refractivity contribution is 7.98. The number of amides is 3. The molecular formula is C17H14N2O3S. The molecule has 2 aromatic carbocycles. The third-order valence-electron chi connectivity index (χ3n) is 3.72. The van der Waals surface area contributed by atoms with E-state index in [1.807, 2.05) is 18.4 Å². The Balaban J connectivity index is 1.98. The minimum atomic E-state index is -0.404. The average Bonchev–Trinajstić information content (AvgIpc) is 2.80. The number of fused-ring (bicyclic) bond motifs is 1. The van der Waals surface area contributed by atoms with E-state index in [0.29, 0.717) is 16.8 Å². The molecule has 1 aliphatic heterocycles. The Labute approximate surface area is 137 Å². The van der Waals surface area contributed by atoms with Gasteiger partial charge in [0.1, 0.15) is 0 Å². The summed E-state index contributed by atoms with van der Waals surface area (Å²) in [5.41, 5.74) is 1.44. The quantitative estimate of drug-likeness (QED) is 0.696. The smallest absolute Gasteiger partial charge is 0.263 e. The monoisotopic (exact) mass is 326 g/mol. The van der Waals surface area contributed by atoms with Crippen LogP contribution in [0.25, 0.3) is 0 Å². The Morgan fingerprint density at radius 3 is 2.52 bits per heavy atom. The Kier molecular flexibility index (Phi) is 3.92. The number of hydrogen-bond donors (Lipinski definition) is 1. The highest BCUT2D eigenvalue weighted by Crippen LogP contribution is 2.29. The summed E-state index contributed by atoms with van der Waals surface area (Å²) in [5, 5.41) is 2.75. The van der Waals surface area contributed by atoms with Crippen LogP contribution in [-0.4, -0.2) is 35.9 Å². The summed E-state index contributed by atoms with van der Waals surface area (Å²) < 4.78 is 0. The second kappa shape index (κ2) is 5.89. The van der Waals surface area contributed by atoms with Crippen molar-refractivity contribution < 1.29 is 14.4 Å². The van der Waals surface area contributed by atoms with Crippen molar-refractivity contribution in [1.29, 1.82) is 0 Å². The number of thioether (sulfide) groups is 1. The molecule has 0 bridgehead atoms. The molecule has 0 saturated heterocycles. The highest BCUT2D eigenvalue weighted by atomic mass is 32.2. The van der Waals surface area contributed by atoms with Gasteiger partial charge in [0, 0.05) is 11.9 Å². The van der Waals surface area contributed by atoms with Crippen LogP contribution < -0.4 is 5.32 Å². The van der Waals surface area contributed by atoms with Gasteiger partial charge in [-0.1, -0.05) is 18.2 Å². The lowest BCUT2D eigenvalue weighted by Gasteiger charge is -2.11. The minimum Gasteiger partial charge on any atom is -0.321 e. The van der Waals surface area contributed by atoms with Crippen LogP contribution in [0.15, 0.2) is 47.4 Å². The summed E-state index contributed by atoms with van der Waals surface area (Å²) in [4.78, 5) is 38.6. The van der Waals surface area contributed by atoms with Crippen LogP contribution in [0.4, 0.5) is 5.69 Å². The molecular weight excluding hydrogens is 312 g/mol. The lowest BCUT2D eigenvalue weighted by atomic mass is 10.1. The van der Waals surface area contributed by atoms with Crippen LogP contribution >= 0.6 is 11.8 Å². The average molecular weight is 326 g/mol. The van der Waals surface area contributed by atoms with Gasteiger partial charge in [0.05, 0.1) is 22.4 Å². The second-order valence-electron chi connectivity index (χ2n) is 5.05. The van der Waals surface area contributed by atoms with Crippen molar-refractivity contribution >= 4 is 35.2 Å². The molecule has 0 atom stereocenters. The van der Waals surface area contributed by atoms with Gasteiger partial charge in [-0.3, -0.25) is 19.3 Å². The lowest BCUT2D eigenvalue weighted by molar-refractivity contribution is 0.0693. The van der Waals surface area contributed by atoms with E-state index in [0.717, 1.165) is 9.80 Å². The maximum atomic E-state index is 12.5. The molecule has 5 nitrogen and oxygen atoms in total. The largest absolute Gasteiger partial charge is 0.321 e. The fourth-order valence-electron chi connectivity index (χ4n) is 2.53. The predicted molar refractivity (Wildman–Crippen MR) is 89.0 cm³/mol. The summed E-state index contributed by atoms with van der Waals surface area (Å²) >= 11 is 1.47. The first-order valence-corrected chi connectivity index (χ1v) is 8.17. The number of nitrogens with zero attached hydrogens (tertiary/aromatic N) is 1. The molecule has 0 aliphatic carbocycles. The molecule has 0 aromatic heterocycles. The van der Waals surface area contributed by atoms with Crippen LogP contribution in [0.1, 0.15) is 31.1 Å². The molecule has 6 heteroatoms. The molecule has 0 spiro atoms. The minimum absolute atomic E-state index is 0.245. The normalized spacial score (nSPS) is 13.2. The zero-order valence-electron chi connectivity index (χ0n) is 12.6. The zero-order valence-corrected chi connectivity index (χ0v) is 13.4. The zero-order chi connectivity index (χ0) is 16.6. The number of hydrogen-bond acceptors (Lipinski definition) is 4. The highest BCUT2D eigenvalue weighted by Gasteiger charge is 2.35. The summed E-state index contributed by atoms with van der Waals surface area (Å²) in [6.07, 6.45) is 1.89. The Morgan fingerprint density at radius 1 is 1.04 bits per heavy atom. The third kappa shape index (κ3) is 2.51. The maximum Gasteiger partial charge on any atom is 0.263 e. The van der Waals surface area contributed by atoms with Crippen molar-refractivity contribution in [3.8, 4) is 0 Å². The summed E-state index contributed by atoms with van der Waals surface area (Å²) in [5.74, 6) is -1.07. The van der Waals surface area contributed by atoms with Crippen molar-refractivity contribution in [2.75, 3.05) is 18.6 Å². The summed E-state index contributed by atoms with van der Waals surface area (Å²) in [6, 6.07) is 12.1. The first-order chi connectivity index (χ1) is 11.0. The molecule has 3 rings (SSSR count). The fourth-order valence-corrected chi connectivity index (χ4v) is 3.12. The van der Waals surface area contributed by atoms with E-state index in [2.05, 4.69) is 5.32 Å². The van der Waals surface area contributed by atoms with Crippen LogP contribution in [0.2, 0.25) is 0 Å². The number of rotatable bonds is 3. The molecule has 1 heterocycles. The molecule has 1 N–H and O–H groups in total. The van der Waals surface area contributed by atoms with Crippen LogP contribution in [-0.2, 0) is 0 Å². The number of carbonyl (C=O) groups is 3. The molecule has 3 amide bonds. The van der Waals surface area contributed by atoms with E-state index in [1.165, 1.54) is 18.8 Å². The molecule has 0 saturated carbocycles. The van der Waals surface area contributed by atoms with Gasteiger partial charge in [-0.05, 0) is 30.5 Å². The van der Waals surface area contributed by atoms with Crippen LogP contribution in [0, 0.1) is 0 Å². The number of benzene rings is 2. The first kappa shape index (κ1) is 15.3. The molecule has 1 aliphatic rings.